The molecule has 0 saturated carbocycles. The molecule has 30 heavy (non-hydrogen) atoms. The number of likely N-dealkylation sites (N-methyl/N-ethyl adjacent to an activating group) is 1. The third-order valence-electron chi connectivity index (χ3n) is 5.49. The van der Waals surface area contributed by atoms with Gasteiger partial charge in [0.1, 0.15) is 5.82 Å². The molecule has 1 aromatic carbocycles. The van der Waals surface area contributed by atoms with Crippen LogP contribution in [0.1, 0.15) is 30.3 Å². The lowest BCUT2D eigenvalue weighted by atomic mass is 10.0. The predicted octanol–water partition coefficient (Wildman–Crippen LogP) is 2.39. The van der Waals surface area contributed by atoms with Gasteiger partial charge in [0.15, 0.2) is 0 Å². The molecule has 1 aliphatic rings. The number of benzene rings is 1. The molecule has 1 fully saturated rings. The van der Waals surface area contributed by atoms with Crippen LogP contribution in [0.5, 0.6) is 0 Å². The molecule has 1 saturated heterocycles. The van der Waals surface area contributed by atoms with Gasteiger partial charge >= 0.3 is 11.8 Å². The third-order valence-corrected chi connectivity index (χ3v) is 6.43. The number of hydrogen-bond donors (Lipinski definition) is 2. The van der Waals surface area contributed by atoms with Crippen molar-refractivity contribution in [1.29, 1.82) is 0 Å². The highest BCUT2D eigenvalue weighted by atomic mass is 32.1. The molecule has 162 valence electrons. The van der Waals surface area contributed by atoms with Crippen LogP contribution >= 0.6 is 11.3 Å². The van der Waals surface area contributed by atoms with Gasteiger partial charge in [-0.3, -0.25) is 14.5 Å². The Balaban J connectivity index is 1.59. The van der Waals surface area contributed by atoms with Crippen LogP contribution < -0.4 is 10.6 Å². The van der Waals surface area contributed by atoms with Crippen molar-refractivity contribution in [2.45, 2.75) is 32.5 Å². The number of carbonyl (C=O) groups excluding carboxylic acids is 2. The first kappa shape index (κ1) is 22.4. The first-order chi connectivity index (χ1) is 14.5. The lowest BCUT2D eigenvalue weighted by molar-refractivity contribution is -0.140. The summed E-state index contributed by atoms with van der Waals surface area (Å²) in [6.07, 6.45) is 0. The van der Waals surface area contributed by atoms with Crippen molar-refractivity contribution in [2.24, 2.45) is 0 Å². The summed E-state index contributed by atoms with van der Waals surface area (Å²) in [6, 6.07) is 9.72. The molecule has 2 amide bonds. The Morgan fingerprint density at radius 3 is 2.40 bits per heavy atom. The second kappa shape index (κ2) is 10.7. The Bertz CT molecular complexity index is 820. The molecule has 2 N–H and O–H groups in total. The lowest BCUT2D eigenvalue weighted by Crippen LogP contribution is -2.53. The second-order valence-corrected chi connectivity index (χ2v) is 8.48. The molecule has 2 aromatic rings. The first-order valence-electron chi connectivity index (χ1n) is 10.3. The van der Waals surface area contributed by atoms with E-state index in [1.807, 2.05) is 18.4 Å². The van der Waals surface area contributed by atoms with Crippen LogP contribution in [0.15, 0.2) is 41.8 Å². The topological polar surface area (TPSA) is 64.7 Å². The van der Waals surface area contributed by atoms with Gasteiger partial charge in [-0.25, -0.2) is 4.39 Å². The minimum absolute atomic E-state index is 0.0258. The summed E-state index contributed by atoms with van der Waals surface area (Å²) in [5, 5.41) is 7.51. The molecular formula is C22H29FN4O2S. The number of piperazine rings is 1. The summed E-state index contributed by atoms with van der Waals surface area (Å²) in [5.41, 5.74) is 0.732. The average Bonchev–Trinajstić information content (AvgIpc) is 3.28. The van der Waals surface area contributed by atoms with Crippen LogP contribution in [0.3, 0.4) is 0 Å². The van der Waals surface area contributed by atoms with E-state index in [4.69, 9.17) is 0 Å². The molecule has 0 spiro atoms. The van der Waals surface area contributed by atoms with Gasteiger partial charge in [-0.05, 0) is 42.6 Å². The van der Waals surface area contributed by atoms with E-state index in [9.17, 15) is 14.0 Å². The van der Waals surface area contributed by atoms with Gasteiger partial charge in [0.2, 0.25) is 0 Å². The van der Waals surface area contributed by atoms with Crippen molar-refractivity contribution >= 4 is 23.2 Å². The largest absolute Gasteiger partial charge is 0.344 e. The van der Waals surface area contributed by atoms with Crippen molar-refractivity contribution in [3.8, 4) is 0 Å². The van der Waals surface area contributed by atoms with E-state index < -0.39 is 11.8 Å². The lowest BCUT2D eigenvalue weighted by Gasteiger charge is -2.41. The first-order valence-corrected chi connectivity index (χ1v) is 11.2. The van der Waals surface area contributed by atoms with Gasteiger partial charge < -0.3 is 15.5 Å². The molecule has 0 bridgehead atoms. The Kier molecular flexibility index (Phi) is 7.95. The highest BCUT2D eigenvalue weighted by Crippen LogP contribution is 2.29. The number of nitrogens with zero attached hydrogens (tertiary/aromatic N) is 2. The monoisotopic (exact) mass is 432 g/mol. The Labute approximate surface area is 181 Å². The standard InChI is InChI=1S/C22H29FN4O2S/c1-3-26-10-12-27(13-11-26)20(19-5-4-14-30-19)16(2)25-22(29)21(28)24-15-17-6-8-18(23)9-7-17/h4-9,14,16,20H,3,10-13,15H2,1-2H3,(H,24,28)(H,25,29)/t16-,20-/m0/s1. The van der Waals surface area contributed by atoms with Crippen molar-refractivity contribution in [3.05, 3.63) is 58.0 Å². The molecule has 0 unspecified atom stereocenters. The molecule has 2 atom stereocenters. The second-order valence-electron chi connectivity index (χ2n) is 7.50. The van der Waals surface area contributed by atoms with E-state index in [0.29, 0.717) is 0 Å². The quantitative estimate of drug-likeness (QED) is 0.660. The summed E-state index contributed by atoms with van der Waals surface area (Å²) in [6.45, 7) is 9.17. The molecular weight excluding hydrogens is 403 g/mol. The zero-order valence-corrected chi connectivity index (χ0v) is 18.3. The average molecular weight is 433 g/mol. The van der Waals surface area contributed by atoms with Crippen LogP contribution in [-0.4, -0.2) is 60.4 Å². The van der Waals surface area contributed by atoms with Gasteiger partial charge in [-0.2, -0.15) is 0 Å². The van der Waals surface area contributed by atoms with Crippen molar-refractivity contribution in [1.82, 2.24) is 20.4 Å². The fourth-order valence-corrected chi connectivity index (χ4v) is 4.74. The Morgan fingerprint density at radius 1 is 1.10 bits per heavy atom. The molecule has 2 heterocycles. The highest BCUT2D eigenvalue weighted by Gasteiger charge is 2.31. The van der Waals surface area contributed by atoms with Gasteiger partial charge in [0.25, 0.3) is 0 Å². The zero-order chi connectivity index (χ0) is 21.5. The van der Waals surface area contributed by atoms with Gasteiger partial charge in [0, 0.05) is 43.6 Å². The number of halogens is 1. The number of rotatable bonds is 7. The number of amides is 2. The summed E-state index contributed by atoms with van der Waals surface area (Å²) in [4.78, 5) is 30.7. The summed E-state index contributed by atoms with van der Waals surface area (Å²) < 4.78 is 13.0. The van der Waals surface area contributed by atoms with Crippen molar-refractivity contribution < 1.29 is 14.0 Å². The molecule has 1 aliphatic heterocycles. The fraction of sp³-hybridized carbons (Fsp3) is 0.455. The summed E-state index contributed by atoms with van der Waals surface area (Å²) in [7, 11) is 0. The van der Waals surface area contributed by atoms with Crippen LogP contribution in [0, 0.1) is 5.82 Å². The van der Waals surface area contributed by atoms with E-state index in [2.05, 4.69) is 33.4 Å². The van der Waals surface area contributed by atoms with Crippen LogP contribution in [0.2, 0.25) is 0 Å². The number of nitrogens with one attached hydrogen (secondary N) is 2. The van der Waals surface area contributed by atoms with E-state index in [-0.39, 0.29) is 24.4 Å². The number of hydrogen-bond acceptors (Lipinski definition) is 5. The SMILES string of the molecule is CCN1CCN([C@H](c2cccs2)[C@H](C)NC(=O)C(=O)NCc2ccc(F)cc2)CC1. The van der Waals surface area contributed by atoms with Gasteiger partial charge in [0.05, 0.1) is 6.04 Å². The molecule has 8 heteroatoms. The molecule has 0 aliphatic carbocycles. The van der Waals surface area contributed by atoms with E-state index in [1.54, 1.807) is 23.5 Å². The smallest absolute Gasteiger partial charge is 0.309 e. The van der Waals surface area contributed by atoms with Crippen LogP contribution in [0.4, 0.5) is 4.39 Å². The fourth-order valence-electron chi connectivity index (χ4n) is 3.78. The van der Waals surface area contributed by atoms with E-state index in [0.717, 1.165) is 38.3 Å². The van der Waals surface area contributed by atoms with Crippen LogP contribution in [-0.2, 0) is 16.1 Å². The molecule has 0 radical (unpaired) electrons. The normalized spacial score (nSPS) is 17.3. The Morgan fingerprint density at radius 2 is 1.80 bits per heavy atom. The molecule has 1 aromatic heterocycles. The number of carbonyl (C=O) groups is 2. The highest BCUT2D eigenvalue weighted by molar-refractivity contribution is 7.10. The molecule has 3 rings (SSSR count). The minimum Gasteiger partial charge on any atom is -0.344 e. The molecule has 6 nitrogen and oxygen atoms in total. The van der Waals surface area contributed by atoms with E-state index in [1.165, 1.54) is 17.0 Å². The van der Waals surface area contributed by atoms with Gasteiger partial charge in [-0.15, -0.1) is 11.3 Å². The minimum atomic E-state index is -0.688. The maximum atomic E-state index is 13.0. The number of thiophene rings is 1. The Hall–Kier alpha value is -2.29. The van der Waals surface area contributed by atoms with Gasteiger partial charge in [-0.1, -0.05) is 25.1 Å². The third kappa shape index (κ3) is 5.87. The predicted molar refractivity (Wildman–Crippen MR) is 117 cm³/mol. The summed E-state index contributed by atoms with van der Waals surface area (Å²) >= 11 is 1.67. The van der Waals surface area contributed by atoms with E-state index >= 15 is 0 Å². The van der Waals surface area contributed by atoms with Crippen molar-refractivity contribution in [3.63, 3.8) is 0 Å². The maximum absolute atomic E-state index is 13.0. The maximum Gasteiger partial charge on any atom is 0.309 e. The zero-order valence-electron chi connectivity index (χ0n) is 17.4. The van der Waals surface area contributed by atoms with Crippen LogP contribution in [0.25, 0.3) is 0 Å². The summed E-state index contributed by atoms with van der Waals surface area (Å²) in [5.74, 6) is -1.68. The van der Waals surface area contributed by atoms with Crippen molar-refractivity contribution in [2.75, 3.05) is 32.7 Å².